The number of carbonyl (C=O) groups excluding carboxylic acids is 2. The zero-order chi connectivity index (χ0) is 18.7. The van der Waals surface area contributed by atoms with Crippen molar-refractivity contribution in [1.82, 2.24) is 5.32 Å². The molecule has 1 fully saturated rings. The van der Waals surface area contributed by atoms with Crippen molar-refractivity contribution in [3.63, 3.8) is 0 Å². The lowest BCUT2D eigenvalue weighted by atomic mass is 9.88. The second kappa shape index (κ2) is 7.85. The number of hydrogen-bond donors (Lipinski definition) is 6. The van der Waals surface area contributed by atoms with E-state index in [1.54, 1.807) is 0 Å². The molecule has 0 aromatic rings. The molecule has 0 spiro atoms. The van der Waals surface area contributed by atoms with Gasteiger partial charge in [0.2, 0.25) is 5.91 Å². The first-order valence-electron chi connectivity index (χ1n) is 7.06. The van der Waals surface area contributed by atoms with Crippen LogP contribution in [0.15, 0.2) is 0 Å². The smallest absolute Gasteiger partial charge is 0.364 e. The molecule has 11 heteroatoms. The van der Waals surface area contributed by atoms with Crippen LogP contribution < -0.4 is 5.32 Å². The van der Waals surface area contributed by atoms with Crippen molar-refractivity contribution in [2.24, 2.45) is 0 Å². The Bertz CT molecular complexity index is 497. The van der Waals surface area contributed by atoms with Gasteiger partial charge in [0.15, 0.2) is 6.10 Å². The molecule has 6 atom stereocenters. The first kappa shape index (κ1) is 20.3. The van der Waals surface area contributed by atoms with Gasteiger partial charge in [-0.15, -0.1) is 0 Å². The van der Waals surface area contributed by atoms with Crippen molar-refractivity contribution >= 4 is 17.8 Å². The summed E-state index contributed by atoms with van der Waals surface area (Å²) in [7, 11) is 0. The van der Waals surface area contributed by atoms with Gasteiger partial charge in [0.25, 0.3) is 5.79 Å². The number of esters is 1. The Kier molecular flexibility index (Phi) is 6.63. The molecule has 1 aliphatic rings. The number of rotatable bonds is 6. The molecule has 0 aliphatic carbocycles. The molecule has 0 aromatic heterocycles. The standard InChI is InChI=1S/C13H21NO10/c1-5(16)14-9-7(18)3-13(22,12(20)21)24-11(9)10(8(19)4-15)23-6(2)17/h7-11,15,18-19,22H,3-4H2,1-2H3,(H,14,16)(H,20,21)/t7?,8-,9-,10-,11-,13?/m1/s1. The minimum absolute atomic E-state index is 0.617. The molecule has 1 aliphatic heterocycles. The van der Waals surface area contributed by atoms with Crippen LogP contribution in [0, 0.1) is 0 Å². The highest BCUT2D eigenvalue weighted by Crippen LogP contribution is 2.31. The third-order valence-corrected chi connectivity index (χ3v) is 3.48. The van der Waals surface area contributed by atoms with Crippen LogP contribution in [-0.2, 0) is 23.9 Å². The van der Waals surface area contributed by atoms with Crippen LogP contribution >= 0.6 is 0 Å². The van der Waals surface area contributed by atoms with Crippen LogP contribution in [0.5, 0.6) is 0 Å². The van der Waals surface area contributed by atoms with E-state index in [1.807, 2.05) is 0 Å². The third-order valence-electron chi connectivity index (χ3n) is 3.48. The molecule has 2 unspecified atom stereocenters. The Morgan fingerprint density at radius 1 is 1.38 bits per heavy atom. The number of aliphatic hydroxyl groups excluding tert-OH is 3. The highest BCUT2D eigenvalue weighted by Gasteiger charge is 2.55. The van der Waals surface area contributed by atoms with E-state index in [4.69, 9.17) is 19.7 Å². The van der Waals surface area contributed by atoms with Crippen molar-refractivity contribution in [2.75, 3.05) is 6.61 Å². The quantitative estimate of drug-likeness (QED) is 0.265. The van der Waals surface area contributed by atoms with Gasteiger partial charge in [0.1, 0.15) is 12.2 Å². The fraction of sp³-hybridized carbons (Fsp3) is 0.769. The summed E-state index contributed by atoms with van der Waals surface area (Å²) < 4.78 is 9.87. The molecule has 0 saturated carbocycles. The molecule has 138 valence electrons. The van der Waals surface area contributed by atoms with Crippen LogP contribution in [0.1, 0.15) is 20.3 Å². The van der Waals surface area contributed by atoms with Gasteiger partial charge in [-0.3, -0.25) is 9.59 Å². The summed E-state index contributed by atoms with van der Waals surface area (Å²) in [5.74, 6) is -6.15. The van der Waals surface area contributed by atoms with Crippen LogP contribution in [-0.4, -0.2) is 86.2 Å². The summed E-state index contributed by atoms with van der Waals surface area (Å²) in [5, 5.41) is 50.4. The highest BCUT2D eigenvalue weighted by molar-refractivity contribution is 5.76. The SMILES string of the molecule is CC(=O)N[C@@H]1C(O)CC(O)(C(=O)O)O[C@H]1[C@H](OC(C)=O)[C@H](O)CO. The number of aliphatic carboxylic acids is 1. The summed E-state index contributed by atoms with van der Waals surface area (Å²) >= 11 is 0. The summed E-state index contributed by atoms with van der Waals surface area (Å²) in [5.41, 5.74) is 0. The van der Waals surface area contributed by atoms with E-state index in [0.29, 0.717) is 0 Å². The zero-order valence-electron chi connectivity index (χ0n) is 13.1. The first-order valence-corrected chi connectivity index (χ1v) is 7.06. The minimum atomic E-state index is -2.83. The summed E-state index contributed by atoms with van der Waals surface area (Å²) in [6.45, 7) is 1.23. The molecule has 0 bridgehead atoms. The van der Waals surface area contributed by atoms with E-state index < -0.39 is 67.1 Å². The third kappa shape index (κ3) is 4.61. The minimum Gasteiger partial charge on any atom is -0.477 e. The van der Waals surface area contributed by atoms with Gasteiger partial charge in [-0.1, -0.05) is 0 Å². The lowest BCUT2D eigenvalue weighted by Crippen LogP contribution is -2.67. The Morgan fingerprint density at radius 2 is 1.96 bits per heavy atom. The fourth-order valence-electron chi connectivity index (χ4n) is 2.46. The number of hydrogen-bond acceptors (Lipinski definition) is 9. The van der Waals surface area contributed by atoms with E-state index in [1.165, 1.54) is 0 Å². The van der Waals surface area contributed by atoms with Gasteiger partial charge in [0, 0.05) is 20.3 Å². The van der Waals surface area contributed by atoms with Crippen LogP contribution in [0.25, 0.3) is 0 Å². The maximum absolute atomic E-state index is 11.3. The molecular weight excluding hydrogens is 330 g/mol. The zero-order valence-corrected chi connectivity index (χ0v) is 13.1. The lowest BCUT2D eigenvalue weighted by Gasteiger charge is -2.45. The second-order valence-electron chi connectivity index (χ2n) is 5.49. The molecule has 1 saturated heterocycles. The van der Waals surface area contributed by atoms with E-state index in [2.05, 4.69) is 5.32 Å². The molecule has 1 amide bonds. The molecule has 1 heterocycles. The van der Waals surface area contributed by atoms with Gasteiger partial charge >= 0.3 is 11.9 Å². The maximum Gasteiger partial charge on any atom is 0.364 e. The Labute approximate surface area is 136 Å². The van der Waals surface area contributed by atoms with E-state index in [0.717, 1.165) is 13.8 Å². The number of carboxylic acids is 1. The summed E-state index contributed by atoms with van der Waals surface area (Å²) in [6, 6.07) is -1.30. The van der Waals surface area contributed by atoms with Crippen LogP contribution in [0.4, 0.5) is 0 Å². The summed E-state index contributed by atoms with van der Waals surface area (Å²) in [4.78, 5) is 33.7. The maximum atomic E-state index is 11.3. The molecule has 6 N–H and O–H groups in total. The molecule has 11 nitrogen and oxygen atoms in total. The van der Waals surface area contributed by atoms with E-state index in [-0.39, 0.29) is 0 Å². The predicted octanol–water partition coefficient (Wildman–Crippen LogP) is -3.30. The molecule has 1 rings (SSSR count). The largest absolute Gasteiger partial charge is 0.477 e. The van der Waals surface area contributed by atoms with Crippen molar-refractivity contribution in [3.8, 4) is 0 Å². The van der Waals surface area contributed by atoms with Gasteiger partial charge in [-0.2, -0.15) is 0 Å². The normalized spacial score (nSPS) is 32.5. The molecular formula is C13H21NO10. The van der Waals surface area contributed by atoms with E-state index >= 15 is 0 Å². The van der Waals surface area contributed by atoms with Gasteiger partial charge in [0.05, 0.1) is 18.8 Å². The van der Waals surface area contributed by atoms with Crippen molar-refractivity contribution < 1.29 is 49.4 Å². The van der Waals surface area contributed by atoms with Gasteiger partial charge in [-0.25, -0.2) is 4.79 Å². The Hall–Kier alpha value is -1.79. The molecule has 24 heavy (non-hydrogen) atoms. The average Bonchev–Trinajstić information content (AvgIpc) is 2.46. The van der Waals surface area contributed by atoms with Crippen molar-refractivity contribution in [1.29, 1.82) is 0 Å². The molecule has 0 aromatic carbocycles. The number of carbonyl (C=O) groups is 3. The highest BCUT2D eigenvalue weighted by atomic mass is 16.7. The topological polar surface area (TPSA) is 183 Å². The predicted molar refractivity (Wildman–Crippen MR) is 74.3 cm³/mol. The van der Waals surface area contributed by atoms with Crippen molar-refractivity contribution in [3.05, 3.63) is 0 Å². The van der Waals surface area contributed by atoms with E-state index in [9.17, 15) is 29.7 Å². The second-order valence-corrected chi connectivity index (χ2v) is 5.49. The fourth-order valence-corrected chi connectivity index (χ4v) is 2.46. The van der Waals surface area contributed by atoms with Gasteiger partial charge in [-0.05, 0) is 0 Å². The Morgan fingerprint density at radius 3 is 2.38 bits per heavy atom. The first-order chi connectivity index (χ1) is 11.0. The number of aliphatic hydroxyl groups is 4. The van der Waals surface area contributed by atoms with Crippen LogP contribution in [0.3, 0.4) is 0 Å². The summed E-state index contributed by atoms with van der Waals surface area (Å²) in [6.07, 6.45) is -7.35. The Balaban J connectivity index is 3.25. The monoisotopic (exact) mass is 351 g/mol. The molecule has 0 radical (unpaired) electrons. The van der Waals surface area contributed by atoms with Crippen molar-refractivity contribution in [2.45, 2.75) is 56.5 Å². The number of amides is 1. The van der Waals surface area contributed by atoms with Crippen LogP contribution in [0.2, 0.25) is 0 Å². The lowest BCUT2D eigenvalue weighted by molar-refractivity contribution is -0.296. The number of nitrogens with one attached hydrogen (secondary N) is 1. The number of carboxylic acid groups (broad SMARTS) is 1. The average molecular weight is 351 g/mol. The number of ether oxygens (including phenoxy) is 2. The van der Waals surface area contributed by atoms with Gasteiger partial charge < -0.3 is 40.3 Å².